The summed E-state index contributed by atoms with van der Waals surface area (Å²) in [4.78, 5) is 5.01. The summed E-state index contributed by atoms with van der Waals surface area (Å²) in [5, 5.41) is 0.179. The third kappa shape index (κ3) is 3.91. The van der Waals surface area contributed by atoms with Crippen LogP contribution >= 0.6 is 11.8 Å². The Hall–Kier alpha value is -2.00. The zero-order chi connectivity index (χ0) is 20.9. The molecule has 0 fully saturated rings. The largest absolute Gasteiger partial charge is 0.416 e. The van der Waals surface area contributed by atoms with Crippen molar-refractivity contribution >= 4 is 32.6 Å². The number of hydrogen-bond donors (Lipinski definition) is 0. The number of fused-ring (bicyclic) bond motifs is 1. The van der Waals surface area contributed by atoms with Crippen LogP contribution in [0, 0.1) is 0 Å². The van der Waals surface area contributed by atoms with E-state index in [1.54, 1.807) is 12.1 Å². The number of thioether (sulfide) groups is 1. The first kappa shape index (κ1) is 20.7. The second kappa shape index (κ2) is 6.81. The summed E-state index contributed by atoms with van der Waals surface area (Å²) in [6.45, 7) is 6.08. The highest BCUT2D eigenvalue weighted by Gasteiger charge is 2.34. The number of alkyl halides is 3. The number of benzene rings is 2. The maximum atomic E-state index is 12.8. The average Bonchev–Trinajstić information content (AvgIpc) is 2.58. The van der Waals surface area contributed by atoms with E-state index >= 15 is 0 Å². The molecule has 0 saturated carbocycles. The predicted octanol–water partition coefficient (Wildman–Crippen LogP) is 5.42. The van der Waals surface area contributed by atoms with Crippen LogP contribution in [0.1, 0.15) is 31.9 Å². The topological polar surface area (TPSA) is 49.7 Å². The van der Waals surface area contributed by atoms with E-state index in [-0.39, 0.29) is 21.2 Å². The Morgan fingerprint density at radius 3 is 2.07 bits per heavy atom. The summed E-state index contributed by atoms with van der Waals surface area (Å²) >= 11 is 1.18. The van der Waals surface area contributed by atoms with Crippen LogP contribution < -0.4 is 0 Å². The Bertz CT molecular complexity index is 1040. The van der Waals surface area contributed by atoms with E-state index in [9.17, 15) is 21.6 Å². The molecule has 0 aromatic heterocycles. The maximum absolute atomic E-state index is 12.8. The van der Waals surface area contributed by atoms with Crippen molar-refractivity contribution in [3.05, 3.63) is 53.6 Å². The molecule has 0 spiro atoms. The molecule has 4 nitrogen and oxygen atoms in total. The third-order valence-corrected chi connectivity index (χ3v) is 7.49. The molecular formula is C19H19F3N2O2S2. The van der Waals surface area contributed by atoms with Crippen molar-refractivity contribution in [2.75, 3.05) is 7.05 Å². The van der Waals surface area contributed by atoms with Crippen LogP contribution in [0.3, 0.4) is 0 Å². The van der Waals surface area contributed by atoms with Crippen LogP contribution in [0.4, 0.5) is 18.9 Å². The molecule has 150 valence electrons. The Morgan fingerprint density at radius 1 is 0.964 bits per heavy atom. The van der Waals surface area contributed by atoms with Crippen LogP contribution in [-0.2, 0) is 21.6 Å². The SMILES string of the molecule is CN1C(=Nc2ccc(C(F)(F)F)cc2)Sc2cc(C(C)(C)C)ccc2S1(=O)=O. The monoisotopic (exact) mass is 428 g/mol. The van der Waals surface area contributed by atoms with Gasteiger partial charge in [-0.15, -0.1) is 0 Å². The first-order valence-electron chi connectivity index (χ1n) is 8.37. The summed E-state index contributed by atoms with van der Waals surface area (Å²) in [6, 6.07) is 9.50. The molecule has 9 heteroatoms. The van der Waals surface area contributed by atoms with Gasteiger partial charge in [-0.1, -0.05) is 26.8 Å². The molecule has 0 bridgehead atoms. The lowest BCUT2D eigenvalue weighted by Gasteiger charge is -2.29. The van der Waals surface area contributed by atoms with Gasteiger partial charge in [-0.05, 0) is 59.1 Å². The van der Waals surface area contributed by atoms with Crippen molar-refractivity contribution in [1.82, 2.24) is 4.31 Å². The Labute approximate surface area is 166 Å². The first-order valence-corrected chi connectivity index (χ1v) is 10.6. The molecule has 28 heavy (non-hydrogen) atoms. The van der Waals surface area contributed by atoms with Crippen LogP contribution in [-0.4, -0.2) is 24.9 Å². The minimum atomic E-state index is -4.44. The van der Waals surface area contributed by atoms with Gasteiger partial charge in [0.2, 0.25) is 0 Å². The molecule has 1 heterocycles. The fraction of sp³-hybridized carbons (Fsp3) is 0.316. The summed E-state index contributed by atoms with van der Waals surface area (Å²) in [5.41, 5.74) is 0.280. The summed E-state index contributed by atoms with van der Waals surface area (Å²) in [7, 11) is -2.40. The Morgan fingerprint density at radius 2 is 1.54 bits per heavy atom. The van der Waals surface area contributed by atoms with Crippen molar-refractivity contribution in [3.63, 3.8) is 0 Å². The summed E-state index contributed by atoms with van der Waals surface area (Å²) < 4.78 is 64.9. The Balaban J connectivity index is 2.04. The van der Waals surface area contributed by atoms with Crippen molar-refractivity contribution in [2.24, 2.45) is 4.99 Å². The van der Waals surface area contributed by atoms with E-state index in [0.29, 0.717) is 4.90 Å². The quantitative estimate of drug-likeness (QED) is 0.610. The van der Waals surface area contributed by atoms with Gasteiger partial charge in [-0.3, -0.25) is 0 Å². The van der Waals surface area contributed by atoms with Gasteiger partial charge in [0.1, 0.15) is 4.90 Å². The number of halogens is 3. The number of hydrogen-bond acceptors (Lipinski definition) is 4. The molecule has 2 aromatic carbocycles. The number of nitrogens with zero attached hydrogens (tertiary/aromatic N) is 2. The number of amidine groups is 1. The van der Waals surface area contributed by atoms with Crippen molar-refractivity contribution in [2.45, 2.75) is 42.2 Å². The maximum Gasteiger partial charge on any atom is 0.416 e. The fourth-order valence-electron chi connectivity index (χ4n) is 2.61. The highest BCUT2D eigenvalue weighted by molar-refractivity contribution is 8.16. The molecule has 0 atom stereocenters. The number of aliphatic imine (C=N–C) groups is 1. The van der Waals surface area contributed by atoms with E-state index < -0.39 is 21.8 Å². The normalized spacial score (nSPS) is 18.2. The van der Waals surface area contributed by atoms with Gasteiger partial charge in [-0.25, -0.2) is 17.7 Å². The van der Waals surface area contributed by atoms with Crippen molar-refractivity contribution in [3.8, 4) is 0 Å². The molecule has 1 aliphatic heterocycles. The van der Waals surface area contributed by atoms with E-state index in [1.165, 1.54) is 30.9 Å². The predicted molar refractivity (Wildman–Crippen MR) is 104 cm³/mol. The Kier molecular flexibility index (Phi) is 5.04. The first-order chi connectivity index (χ1) is 12.8. The van der Waals surface area contributed by atoms with Crippen molar-refractivity contribution in [1.29, 1.82) is 0 Å². The minimum absolute atomic E-state index is 0.159. The summed E-state index contributed by atoms with van der Waals surface area (Å²) in [6.07, 6.45) is -4.44. The lowest BCUT2D eigenvalue weighted by molar-refractivity contribution is -0.137. The van der Waals surface area contributed by atoms with Crippen molar-refractivity contribution < 1.29 is 21.6 Å². The molecule has 2 aromatic rings. The second-order valence-corrected chi connectivity index (χ2v) is 10.4. The lowest BCUT2D eigenvalue weighted by Crippen LogP contribution is -2.35. The molecule has 0 radical (unpaired) electrons. The summed E-state index contributed by atoms with van der Waals surface area (Å²) in [5.74, 6) is 0. The highest BCUT2D eigenvalue weighted by atomic mass is 32.2. The second-order valence-electron chi connectivity index (χ2n) is 7.43. The van der Waals surface area contributed by atoms with Crippen LogP contribution in [0.2, 0.25) is 0 Å². The third-order valence-electron chi connectivity index (χ3n) is 4.34. The van der Waals surface area contributed by atoms with Crippen LogP contribution in [0.15, 0.2) is 57.2 Å². The molecular weight excluding hydrogens is 409 g/mol. The highest BCUT2D eigenvalue weighted by Crippen LogP contribution is 2.40. The van der Waals surface area contributed by atoms with Gasteiger partial charge in [0, 0.05) is 11.9 Å². The standard InChI is InChI=1S/C19H19F3N2O2S2/c1-18(2,3)13-7-10-16-15(11-13)27-17(24(4)28(16,25)26)23-14-8-5-12(6-9-14)19(20,21)22/h5-11H,1-4H3. The zero-order valence-electron chi connectivity index (χ0n) is 15.7. The van der Waals surface area contributed by atoms with E-state index in [1.807, 2.05) is 26.8 Å². The molecule has 1 aliphatic rings. The molecule has 0 N–H and O–H groups in total. The van der Waals surface area contributed by atoms with Gasteiger partial charge in [0.05, 0.1) is 11.3 Å². The van der Waals surface area contributed by atoms with Crippen LogP contribution in [0.5, 0.6) is 0 Å². The van der Waals surface area contributed by atoms with Gasteiger partial charge >= 0.3 is 6.18 Å². The zero-order valence-corrected chi connectivity index (χ0v) is 17.3. The molecule has 0 unspecified atom stereocenters. The van der Waals surface area contributed by atoms with Gasteiger partial charge in [0.25, 0.3) is 10.0 Å². The van der Waals surface area contributed by atoms with E-state index in [0.717, 1.165) is 22.0 Å². The number of sulfonamides is 1. The smallest absolute Gasteiger partial charge is 0.247 e. The average molecular weight is 429 g/mol. The molecule has 0 saturated heterocycles. The fourth-order valence-corrected chi connectivity index (χ4v) is 5.38. The minimum Gasteiger partial charge on any atom is -0.247 e. The van der Waals surface area contributed by atoms with E-state index in [2.05, 4.69) is 4.99 Å². The van der Waals surface area contributed by atoms with E-state index in [4.69, 9.17) is 0 Å². The van der Waals surface area contributed by atoms with Crippen LogP contribution in [0.25, 0.3) is 0 Å². The lowest BCUT2D eigenvalue weighted by atomic mass is 9.87. The van der Waals surface area contributed by atoms with Gasteiger partial charge in [0.15, 0.2) is 5.17 Å². The van der Waals surface area contributed by atoms with Gasteiger partial charge in [-0.2, -0.15) is 13.2 Å². The molecule has 0 aliphatic carbocycles. The molecule has 0 amide bonds. The molecule has 3 rings (SSSR count). The van der Waals surface area contributed by atoms with Gasteiger partial charge < -0.3 is 0 Å². The number of rotatable bonds is 1.